The number of hydrogen-bond donors (Lipinski definition) is 3. The minimum absolute atomic E-state index is 0.000566. The van der Waals surface area contributed by atoms with E-state index in [1.807, 2.05) is 20.8 Å². The molecule has 0 saturated heterocycles. The van der Waals surface area contributed by atoms with E-state index >= 15 is 0 Å². The first-order chi connectivity index (χ1) is 9.30. The molecule has 2 amide bonds. The second-order valence-electron chi connectivity index (χ2n) is 6.64. The van der Waals surface area contributed by atoms with Gasteiger partial charge in [-0.1, -0.05) is 33.6 Å². The summed E-state index contributed by atoms with van der Waals surface area (Å²) in [6.45, 7) is 6.09. The highest BCUT2D eigenvalue weighted by molar-refractivity contribution is 5.81. The molecule has 0 aromatic heterocycles. The molecule has 0 aromatic rings. The number of nitrogens with one attached hydrogen (secondary N) is 2. The van der Waals surface area contributed by atoms with Gasteiger partial charge in [0, 0.05) is 18.4 Å². The van der Waals surface area contributed by atoms with Crippen LogP contribution in [0.5, 0.6) is 0 Å². The van der Waals surface area contributed by atoms with Crippen LogP contribution in [0.3, 0.4) is 0 Å². The van der Waals surface area contributed by atoms with Gasteiger partial charge in [-0.2, -0.15) is 0 Å². The van der Waals surface area contributed by atoms with E-state index in [4.69, 9.17) is 0 Å². The molecule has 2 atom stereocenters. The lowest BCUT2D eigenvalue weighted by molar-refractivity contribution is -0.129. The highest BCUT2D eigenvalue weighted by atomic mass is 16.3. The standard InChI is InChI=1S/C15H28N2O3/c1-15(2,3)14(20)16-10-6-9-13(19)17-11-7-4-5-8-12(11)18/h11-12,18H,4-10H2,1-3H3,(H,16,20)(H,17,19)/t11-,12-/m0/s1. The second kappa shape index (κ2) is 7.62. The van der Waals surface area contributed by atoms with Crippen molar-refractivity contribution in [1.82, 2.24) is 10.6 Å². The molecule has 0 unspecified atom stereocenters. The van der Waals surface area contributed by atoms with Gasteiger partial charge in [-0.25, -0.2) is 0 Å². The van der Waals surface area contributed by atoms with Gasteiger partial charge in [0.05, 0.1) is 12.1 Å². The molecule has 0 heterocycles. The zero-order valence-corrected chi connectivity index (χ0v) is 12.9. The van der Waals surface area contributed by atoms with E-state index in [2.05, 4.69) is 10.6 Å². The Bertz CT molecular complexity index is 337. The minimum atomic E-state index is -0.409. The summed E-state index contributed by atoms with van der Waals surface area (Å²) < 4.78 is 0. The van der Waals surface area contributed by atoms with Crippen molar-refractivity contribution in [1.29, 1.82) is 0 Å². The number of carbonyl (C=O) groups excluding carboxylic acids is 2. The Morgan fingerprint density at radius 1 is 1.20 bits per heavy atom. The van der Waals surface area contributed by atoms with E-state index in [1.54, 1.807) is 0 Å². The van der Waals surface area contributed by atoms with E-state index in [0.29, 0.717) is 19.4 Å². The Balaban J connectivity index is 2.16. The monoisotopic (exact) mass is 284 g/mol. The maximum atomic E-state index is 11.8. The van der Waals surface area contributed by atoms with Gasteiger partial charge in [0.1, 0.15) is 0 Å². The molecule has 5 nitrogen and oxygen atoms in total. The smallest absolute Gasteiger partial charge is 0.225 e. The Kier molecular flexibility index (Phi) is 6.46. The van der Waals surface area contributed by atoms with Crippen LogP contribution in [-0.2, 0) is 9.59 Å². The van der Waals surface area contributed by atoms with Gasteiger partial charge in [-0.05, 0) is 19.3 Å². The summed E-state index contributed by atoms with van der Waals surface area (Å²) in [5.74, 6) is -0.0402. The molecule has 1 saturated carbocycles. The number of amides is 2. The molecule has 1 aliphatic rings. The van der Waals surface area contributed by atoms with Crippen LogP contribution >= 0.6 is 0 Å². The third-order valence-electron chi connectivity index (χ3n) is 3.62. The molecule has 0 radical (unpaired) electrons. The van der Waals surface area contributed by atoms with Crippen LogP contribution in [0.4, 0.5) is 0 Å². The quantitative estimate of drug-likeness (QED) is 0.667. The zero-order chi connectivity index (χ0) is 15.2. The fraction of sp³-hybridized carbons (Fsp3) is 0.867. The van der Waals surface area contributed by atoms with Crippen molar-refractivity contribution < 1.29 is 14.7 Å². The highest BCUT2D eigenvalue weighted by Gasteiger charge is 2.24. The van der Waals surface area contributed by atoms with Gasteiger partial charge in [0.15, 0.2) is 0 Å². The van der Waals surface area contributed by atoms with Crippen molar-refractivity contribution >= 4 is 11.8 Å². The normalized spacial score (nSPS) is 23.2. The van der Waals surface area contributed by atoms with Crippen LogP contribution in [0, 0.1) is 5.41 Å². The number of aliphatic hydroxyl groups excluding tert-OH is 1. The first-order valence-electron chi connectivity index (χ1n) is 7.56. The Morgan fingerprint density at radius 2 is 1.85 bits per heavy atom. The van der Waals surface area contributed by atoms with Crippen molar-refractivity contribution in [2.24, 2.45) is 5.41 Å². The van der Waals surface area contributed by atoms with Gasteiger partial charge in [0.25, 0.3) is 0 Å². The zero-order valence-electron chi connectivity index (χ0n) is 12.9. The van der Waals surface area contributed by atoms with Crippen molar-refractivity contribution in [3.8, 4) is 0 Å². The lowest BCUT2D eigenvalue weighted by Gasteiger charge is -2.28. The number of rotatable bonds is 5. The van der Waals surface area contributed by atoms with Crippen LogP contribution in [0.1, 0.15) is 59.3 Å². The molecular weight excluding hydrogens is 256 g/mol. The molecule has 3 N–H and O–H groups in total. The van der Waals surface area contributed by atoms with Gasteiger partial charge in [-0.15, -0.1) is 0 Å². The van der Waals surface area contributed by atoms with E-state index in [-0.39, 0.29) is 17.9 Å². The van der Waals surface area contributed by atoms with Crippen LogP contribution in [-0.4, -0.2) is 35.6 Å². The molecule has 0 aliphatic heterocycles. The van der Waals surface area contributed by atoms with Crippen molar-refractivity contribution in [3.63, 3.8) is 0 Å². The SMILES string of the molecule is CC(C)(C)C(=O)NCCCC(=O)N[C@H]1CCCC[C@@H]1O. The molecule has 0 aromatic carbocycles. The van der Waals surface area contributed by atoms with Crippen LogP contribution < -0.4 is 10.6 Å². The molecular formula is C15H28N2O3. The third-order valence-corrected chi connectivity index (χ3v) is 3.62. The van der Waals surface area contributed by atoms with Crippen molar-refractivity contribution in [2.45, 2.75) is 71.4 Å². The predicted molar refractivity (Wildman–Crippen MR) is 78.1 cm³/mol. The first-order valence-corrected chi connectivity index (χ1v) is 7.56. The fourth-order valence-electron chi connectivity index (χ4n) is 2.27. The van der Waals surface area contributed by atoms with Crippen LogP contribution in [0.2, 0.25) is 0 Å². The average molecular weight is 284 g/mol. The summed E-state index contributed by atoms with van der Waals surface area (Å²) in [6.07, 6.45) is 4.31. The van der Waals surface area contributed by atoms with Crippen LogP contribution in [0.15, 0.2) is 0 Å². The molecule has 0 spiro atoms. The second-order valence-corrected chi connectivity index (χ2v) is 6.64. The van der Waals surface area contributed by atoms with Crippen LogP contribution in [0.25, 0.3) is 0 Å². The molecule has 1 rings (SSSR count). The molecule has 1 aliphatic carbocycles. The van der Waals surface area contributed by atoms with E-state index in [1.165, 1.54) is 0 Å². The van der Waals surface area contributed by atoms with Crippen molar-refractivity contribution in [3.05, 3.63) is 0 Å². The minimum Gasteiger partial charge on any atom is -0.391 e. The molecule has 5 heteroatoms. The summed E-state index contributed by atoms with van der Waals surface area (Å²) in [4.78, 5) is 23.4. The summed E-state index contributed by atoms with van der Waals surface area (Å²) >= 11 is 0. The largest absolute Gasteiger partial charge is 0.391 e. The molecule has 1 fully saturated rings. The average Bonchev–Trinajstić information content (AvgIpc) is 2.36. The predicted octanol–water partition coefficient (Wildman–Crippen LogP) is 1.35. The van der Waals surface area contributed by atoms with Gasteiger partial charge >= 0.3 is 0 Å². The summed E-state index contributed by atoms with van der Waals surface area (Å²) in [5.41, 5.74) is -0.394. The maximum Gasteiger partial charge on any atom is 0.225 e. The molecule has 116 valence electrons. The third kappa shape index (κ3) is 5.90. The van der Waals surface area contributed by atoms with E-state index in [9.17, 15) is 14.7 Å². The number of aliphatic hydroxyl groups is 1. The summed E-state index contributed by atoms with van der Waals surface area (Å²) in [7, 11) is 0. The Labute approximate surface area is 121 Å². The Hall–Kier alpha value is -1.10. The van der Waals surface area contributed by atoms with Gasteiger partial charge in [-0.3, -0.25) is 9.59 Å². The first kappa shape index (κ1) is 17.0. The lowest BCUT2D eigenvalue weighted by atomic mass is 9.92. The molecule has 20 heavy (non-hydrogen) atoms. The fourth-order valence-corrected chi connectivity index (χ4v) is 2.27. The van der Waals surface area contributed by atoms with E-state index < -0.39 is 11.5 Å². The summed E-state index contributed by atoms with van der Waals surface area (Å²) in [5, 5.41) is 15.5. The molecule has 0 bridgehead atoms. The highest BCUT2D eigenvalue weighted by Crippen LogP contribution is 2.18. The summed E-state index contributed by atoms with van der Waals surface area (Å²) in [6, 6.07) is -0.0968. The Morgan fingerprint density at radius 3 is 2.45 bits per heavy atom. The maximum absolute atomic E-state index is 11.8. The van der Waals surface area contributed by atoms with E-state index in [0.717, 1.165) is 25.7 Å². The van der Waals surface area contributed by atoms with Crippen molar-refractivity contribution in [2.75, 3.05) is 6.54 Å². The lowest BCUT2D eigenvalue weighted by Crippen LogP contribution is -2.45. The topological polar surface area (TPSA) is 78.4 Å². The number of hydrogen-bond acceptors (Lipinski definition) is 3. The number of carbonyl (C=O) groups is 2. The van der Waals surface area contributed by atoms with Gasteiger partial charge in [0.2, 0.25) is 11.8 Å². The van der Waals surface area contributed by atoms with Gasteiger partial charge < -0.3 is 15.7 Å².